The Morgan fingerprint density at radius 1 is 1.47 bits per heavy atom. The monoisotopic (exact) mass is 230 g/mol. The van der Waals surface area contributed by atoms with Crippen LogP contribution in [0.15, 0.2) is 18.5 Å². The number of pyridine rings is 1. The minimum absolute atomic E-state index is 0.221. The topological polar surface area (TPSA) is 56.7 Å². The van der Waals surface area contributed by atoms with Crippen LogP contribution in [-0.2, 0) is 6.42 Å². The van der Waals surface area contributed by atoms with Crippen molar-refractivity contribution in [3.8, 4) is 0 Å². The number of aromatic nitrogens is 3. The predicted molar refractivity (Wildman–Crippen MR) is 67.8 cm³/mol. The molecule has 1 fully saturated rings. The van der Waals surface area contributed by atoms with Crippen molar-refractivity contribution in [2.45, 2.75) is 44.7 Å². The highest BCUT2D eigenvalue weighted by Gasteiger charge is 2.29. The minimum atomic E-state index is -0.221. The molecule has 0 radical (unpaired) electrons. The number of fused-ring (bicyclic) bond motifs is 1. The SMILES string of the molecule is CC(C)(N)Cc1nc2cnccc2n1C1CC1. The van der Waals surface area contributed by atoms with E-state index in [0.717, 1.165) is 17.8 Å². The van der Waals surface area contributed by atoms with Gasteiger partial charge in [-0.25, -0.2) is 4.98 Å². The first-order chi connectivity index (χ1) is 8.04. The molecule has 3 rings (SSSR count). The van der Waals surface area contributed by atoms with Crippen molar-refractivity contribution in [3.05, 3.63) is 24.3 Å². The van der Waals surface area contributed by atoms with Gasteiger partial charge in [0.1, 0.15) is 11.3 Å². The zero-order valence-electron chi connectivity index (χ0n) is 10.3. The second-order valence-electron chi connectivity index (χ2n) is 5.66. The summed E-state index contributed by atoms with van der Waals surface area (Å²) in [7, 11) is 0. The van der Waals surface area contributed by atoms with Crippen LogP contribution in [0.5, 0.6) is 0 Å². The van der Waals surface area contributed by atoms with Crippen molar-refractivity contribution < 1.29 is 0 Å². The van der Waals surface area contributed by atoms with Crippen LogP contribution in [0.2, 0.25) is 0 Å². The average Bonchev–Trinajstić information content (AvgIpc) is 2.98. The lowest BCUT2D eigenvalue weighted by atomic mass is 10.0. The van der Waals surface area contributed by atoms with Gasteiger partial charge in [-0.05, 0) is 32.8 Å². The number of rotatable bonds is 3. The van der Waals surface area contributed by atoms with Gasteiger partial charge < -0.3 is 10.3 Å². The first-order valence-corrected chi connectivity index (χ1v) is 6.14. The molecule has 0 spiro atoms. The van der Waals surface area contributed by atoms with E-state index in [1.54, 1.807) is 0 Å². The molecule has 90 valence electrons. The number of hydrogen-bond acceptors (Lipinski definition) is 3. The summed E-state index contributed by atoms with van der Waals surface area (Å²) in [5.41, 5.74) is 8.07. The van der Waals surface area contributed by atoms with Crippen LogP contribution in [0.4, 0.5) is 0 Å². The van der Waals surface area contributed by atoms with E-state index in [1.165, 1.54) is 18.4 Å². The maximum absolute atomic E-state index is 6.11. The summed E-state index contributed by atoms with van der Waals surface area (Å²) in [6.07, 6.45) is 6.98. The Morgan fingerprint density at radius 2 is 2.24 bits per heavy atom. The van der Waals surface area contributed by atoms with Gasteiger partial charge in [-0.2, -0.15) is 0 Å². The zero-order valence-corrected chi connectivity index (χ0v) is 10.3. The molecular formula is C13H18N4. The van der Waals surface area contributed by atoms with Gasteiger partial charge in [0.25, 0.3) is 0 Å². The molecule has 0 amide bonds. The van der Waals surface area contributed by atoms with E-state index in [4.69, 9.17) is 5.73 Å². The lowest BCUT2D eigenvalue weighted by Gasteiger charge is -2.18. The largest absolute Gasteiger partial charge is 0.325 e. The van der Waals surface area contributed by atoms with Crippen molar-refractivity contribution in [1.82, 2.24) is 14.5 Å². The highest BCUT2D eigenvalue weighted by molar-refractivity contribution is 5.75. The summed E-state index contributed by atoms with van der Waals surface area (Å²) < 4.78 is 2.35. The number of nitrogens with zero attached hydrogens (tertiary/aromatic N) is 3. The van der Waals surface area contributed by atoms with Gasteiger partial charge in [-0.15, -0.1) is 0 Å². The Bertz CT molecular complexity index is 546. The number of imidazole rings is 1. The Labute approximate surface area is 101 Å². The van der Waals surface area contributed by atoms with Gasteiger partial charge in [0.05, 0.1) is 11.7 Å². The third kappa shape index (κ3) is 2.05. The van der Waals surface area contributed by atoms with Gasteiger partial charge >= 0.3 is 0 Å². The maximum atomic E-state index is 6.11. The second-order valence-corrected chi connectivity index (χ2v) is 5.66. The van der Waals surface area contributed by atoms with Gasteiger partial charge in [-0.3, -0.25) is 4.98 Å². The van der Waals surface area contributed by atoms with E-state index in [-0.39, 0.29) is 5.54 Å². The van der Waals surface area contributed by atoms with Gasteiger partial charge in [0, 0.05) is 24.2 Å². The van der Waals surface area contributed by atoms with E-state index < -0.39 is 0 Å². The molecule has 0 saturated heterocycles. The first-order valence-electron chi connectivity index (χ1n) is 6.14. The van der Waals surface area contributed by atoms with E-state index in [9.17, 15) is 0 Å². The summed E-state index contributed by atoms with van der Waals surface area (Å²) in [4.78, 5) is 8.82. The van der Waals surface area contributed by atoms with Crippen LogP contribution >= 0.6 is 0 Å². The van der Waals surface area contributed by atoms with Crippen molar-refractivity contribution >= 4 is 11.0 Å². The number of nitrogens with two attached hydrogens (primary N) is 1. The second kappa shape index (κ2) is 3.53. The smallest absolute Gasteiger partial charge is 0.112 e. The van der Waals surface area contributed by atoms with Crippen molar-refractivity contribution in [3.63, 3.8) is 0 Å². The highest BCUT2D eigenvalue weighted by Crippen LogP contribution is 2.38. The normalized spacial score (nSPS) is 16.6. The first kappa shape index (κ1) is 10.7. The fourth-order valence-electron chi connectivity index (χ4n) is 2.27. The summed E-state index contributed by atoms with van der Waals surface area (Å²) in [6.45, 7) is 4.09. The molecule has 0 aromatic carbocycles. The Balaban J connectivity index is 2.13. The summed E-state index contributed by atoms with van der Waals surface area (Å²) in [5, 5.41) is 0. The molecule has 4 heteroatoms. The lowest BCUT2D eigenvalue weighted by Crippen LogP contribution is -2.35. The molecule has 2 heterocycles. The fraction of sp³-hybridized carbons (Fsp3) is 0.538. The van der Waals surface area contributed by atoms with Crippen LogP contribution in [0.3, 0.4) is 0 Å². The van der Waals surface area contributed by atoms with E-state index >= 15 is 0 Å². The standard InChI is InChI=1S/C13H18N4/c1-13(2,14)7-12-16-10-8-15-6-5-11(10)17(12)9-3-4-9/h5-6,8-9H,3-4,7,14H2,1-2H3. The summed E-state index contributed by atoms with van der Waals surface area (Å²) in [6, 6.07) is 2.67. The highest BCUT2D eigenvalue weighted by atomic mass is 15.1. The van der Waals surface area contributed by atoms with Gasteiger partial charge in [0.15, 0.2) is 0 Å². The summed E-state index contributed by atoms with van der Waals surface area (Å²) >= 11 is 0. The zero-order chi connectivity index (χ0) is 12.0. The number of hydrogen-bond donors (Lipinski definition) is 1. The third-order valence-corrected chi connectivity index (χ3v) is 3.09. The van der Waals surface area contributed by atoms with Crippen molar-refractivity contribution in [1.29, 1.82) is 0 Å². The molecule has 1 aliphatic rings. The third-order valence-electron chi connectivity index (χ3n) is 3.09. The Morgan fingerprint density at radius 3 is 2.88 bits per heavy atom. The van der Waals surface area contributed by atoms with Gasteiger partial charge in [0.2, 0.25) is 0 Å². The van der Waals surface area contributed by atoms with Crippen molar-refractivity contribution in [2.75, 3.05) is 0 Å². The van der Waals surface area contributed by atoms with Crippen LogP contribution in [0.25, 0.3) is 11.0 Å². The molecule has 0 unspecified atom stereocenters. The fourth-order valence-corrected chi connectivity index (χ4v) is 2.27. The predicted octanol–water partition coefficient (Wildman–Crippen LogP) is 2.05. The molecule has 4 nitrogen and oxygen atoms in total. The Hall–Kier alpha value is -1.42. The molecule has 0 bridgehead atoms. The molecular weight excluding hydrogens is 212 g/mol. The molecule has 1 aliphatic carbocycles. The van der Waals surface area contributed by atoms with Crippen LogP contribution < -0.4 is 5.73 Å². The van der Waals surface area contributed by atoms with Gasteiger partial charge in [-0.1, -0.05) is 0 Å². The molecule has 2 aromatic rings. The maximum Gasteiger partial charge on any atom is 0.112 e. The Kier molecular flexibility index (Phi) is 2.23. The molecule has 17 heavy (non-hydrogen) atoms. The minimum Gasteiger partial charge on any atom is -0.325 e. The van der Waals surface area contributed by atoms with Crippen LogP contribution in [0.1, 0.15) is 38.6 Å². The molecule has 0 atom stereocenters. The van der Waals surface area contributed by atoms with E-state index in [1.807, 2.05) is 32.3 Å². The van der Waals surface area contributed by atoms with Crippen LogP contribution in [-0.4, -0.2) is 20.1 Å². The lowest BCUT2D eigenvalue weighted by molar-refractivity contribution is 0.488. The summed E-state index contributed by atoms with van der Waals surface area (Å²) in [5.74, 6) is 1.10. The van der Waals surface area contributed by atoms with Crippen molar-refractivity contribution in [2.24, 2.45) is 5.73 Å². The van der Waals surface area contributed by atoms with E-state index in [0.29, 0.717) is 6.04 Å². The van der Waals surface area contributed by atoms with E-state index in [2.05, 4.69) is 14.5 Å². The molecule has 2 aromatic heterocycles. The quantitative estimate of drug-likeness (QED) is 0.878. The molecule has 2 N–H and O–H groups in total. The molecule has 1 saturated carbocycles. The average molecular weight is 230 g/mol. The molecule has 0 aliphatic heterocycles. The van der Waals surface area contributed by atoms with Crippen LogP contribution in [0, 0.1) is 0 Å².